The second-order valence-electron chi connectivity index (χ2n) is 5.32. The molecule has 2 nitrogen and oxygen atoms in total. The number of nitrogens with zero attached hydrogens (tertiary/aromatic N) is 1. The first kappa shape index (κ1) is 11.3. The van der Waals surface area contributed by atoms with Crippen molar-refractivity contribution in [2.45, 2.75) is 39.7 Å². The van der Waals surface area contributed by atoms with Gasteiger partial charge in [0.25, 0.3) is 0 Å². The van der Waals surface area contributed by atoms with Gasteiger partial charge in [-0.25, -0.2) is 0 Å². The number of hydrogen-bond acceptors (Lipinski definition) is 2. The maximum atomic E-state index is 5.86. The fourth-order valence-electron chi connectivity index (χ4n) is 2.08. The highest BCUT2D eigenvalue weighted by Gasteiger charge is 2.29. The van der Waals surface area contributed by atoms with Crippen molar-refractivity contribution in [2.24, 2.45) is 5.92 Å². The molecule has 1 aliphatic carbocycles. The second-order valence-corrected chi connectivity index (χ2v) is 5.32. The zero-order valence-electron chi connectivity index (χ0n) is 10.5. The third-order valence-corrected chi connectivity index (χ3v) is 3.13. The predicted molar refractivity (Wildman–Crippen MR) is 70.8 cm³/mol. The van der Waals surface area contributed by atoms with Gasteiger partial charge < -0.3 is 10.6 Å². The SMILES string of the molecule is Cc1cc(N(CC(C)C)C2CC2)ccc1N. The lowest BCUT2D eigenvalue weighted by Gasteiger charge is -2.27. The van der Waals surface area contributed by atoms with E-state index in [1.165, 1.54) is 24.1 Å². The summed E-state index contributed by atoms with van der Waals surface area (Å²) >= 11 is 0. The lowest BCUT2D eigenvalue weighted by Crippen LogP contribution is -2.29. The zero-order valence-corrected chi connectivity index (χ0v) is 10.5. The van der Waals surface area contributed by atoms with Gasteiger partial charge in [0, 0.05) is 24.0 Å². The molecule has 1 aliphatic rings. The van der Waals surface area contributed by atoms with E-state index in [1.54, 1.807) is 0 Å². The summed E-state index contributed by atoms with van der Waals surface area (Å²) in [4.78, 5) is 2.54. The molecule has 0 unspecified atom stereocenters. The predicted octanol–water partition coefficient (Wildman–Crippen LogP) is 3.20. The molecule has 0 saturated heterocycles. The summed E-state index contributed by atoms with van der Waals surface area (Å²) < 4.78 is 0. The van der Waals surface area contributed by atoms with Crippen molar-refractivity contribution >= 4 is 11.4 Å². The molecule has 0 bridgehead atoms. The third kappa shape index (κ3) is 2.49. The van der Waals surface area contributed by atoms with Gasteiger partial charge in [-0.3, -0.25) is 0 Å². The average Bonchev–Trinajstić information content (AvgIpc) is 3.02. The van der Waals surface area contributed by atoms with Crippen molar-refractivity contribution in [1.82, 2.24) is 0 Å². The number of nitrogens with two attached hydrogens (primary N) is 1. The van der Waals surface area contributed by atoms with Crippen LogP contribution >= 0.6 is 0 Å². The van der Waals surface area contributed by atoms with E-state index in [2.05, 4.69) is 37.8 Å². The fourth-order valence-corrected chi connectivity index (χ4v) is 2.08. The highest BCUT2D eigenvalue weighted by Crippen LogP contribution is 2.33. The minimum absolute atomic E-state index is 0.707. The Morgan fingerprint density at radius 2 is 2.06 bits per heavy atom. The molecule has 0 amide bonds. The van der Waals surface area contributed by atoms with Gasteiger partial charge in [-0.1, -0.05) is 13.8 Å². The van der Waals surface area contributed by atoms with E-state index in [-0.39, 0.29) is 0 Å². The standard InChI is InChI=1S/C14H22N2/c1-10(2)9-16(12-4-5-12)13-6-7-14(15)11(3)8-13/h6-8,10,12H,4-5,9,15H2,1-3H3. The Morgan fingerprint density at radius 3 is 2.56 bits per heavy atom. The molecule has 1 aromatic rings. The Hall–Kier alpha value is -1.18. The first-order valence-corrected chi connectivity index (χ1v) is 6.20. The Balaban J connectivity index is 2.20. The Bertz CT molecular complexity index is 367. The van der Waals surface area contributed by atoms with Gasteiger partial charge in [-0.05, 0) is 49.4 Å². The lowest BCUT2D eigenvalue weighted by atomic mass is 10.1. The highest BCUT2D eigenvalue weighted by atomic mass is 15.2. The van der Waals surface area contributed by atoms with Crippen LogP contribution in [0.3, 0.4) is 0 Å². The van der Waals surface area contributed by atoms with E-state index in [0.717, 1.165) is 18.3 Å². The summed E-state index contributed by atoms with van der Waals surface area (Å²) in [5.41, 5.74) is 9.28. The lowest BCUT2D eigenvalue weighted by molar-refractivity contribution is 0.607. The van der Waals surface area contributed by atoms with E-state index < -0.39 is 0 Å². The molecule has 2 N–H and O–H groups in total. The third-order valence-electron chi connectivity index (χ3n) is 3.13. The van der Waals surface area contributed by atoms with Gasteiger partial charge in [0.2, 0.25) is 0 Å². The molecular weight excluding hydrogens is 196 g/mol. The van der Waals surface area contributed by atoms with E-state index in [9.17, 15) is 0 Å². The Kier molecular flexibility index (Phi) is 3.08. The first-order chi connectivity index (χ1) is 7.58. The van der Waals surface area contributed by atoms with Crippen LogP contribution in [0.1, 0.15) is 32.3 Å². The summed E-state index contributed by atoms with van der Waals surface area (Å²) in [5.74, 6) is 0.707. The second kappa shape index (κ2) is 4.36. The van der Waals surface area contributed by atoms with Gasteiger partial charge in [0.15, 0.2) is 0 Å². The van der Waals surface area contributed by atoms with Gasteiger partial charge in [0.1, 0.15) is 0 Å². The summed E-state index contributed by atoms with van der Waals surface area (Å²) in [5, 5.41) is 0. The molecule has 1 fully saturated rings. The molecule has 2 heteroatoms. The van der Waals surface area contributed by atoms with E-state index in [1.807, 2.05) is 6.07 Å². The van der Waals surface area contributed by atoms with Crippen LogP contribution in [0, 0.1) is 12.8 Å². The summed E-state index contributed by atoms with van der Waals surface area (Å²) in [6.07, 6.45) is 2.69. The van der Waals surface area contributed by atoms with Crippen LogP contribution in [0.25, 0.3) is 0 Å². The fraction of sp³-hybridized carbons (Fsp3) is 0.571. The van der Waals surface area contributed by atoms with E-state index in [0.29, 0.717) is 5.92 Å². The molecule has 1 aromatic carbocycles. The molecule has 0 radical (unpaired) electrons. The molecule has 0 spiro atoms. The van der Waals surface area contributed by atoms with Gasteiger partial charge in [-0.2, -0.15) is 0 Å². The Morgan fingerprint density at radius 1 is 1.38 bits per heavy atom. The van der Waals surface area contributed by atoms with Gasteiger partial charge in [0.05, 0.1) is 0 Å². The van der Waals surface area contributed by atoms with E-state index in [4.69, 9.17) is 5.73 Å². The van der Waals surface area contributed by atoms with Gasteiger partial charge >= 0.3 is 0 Å². The quantitative estimate of drug-likeness (QED) is 0.786. The summed E-state index contributed by atoms with van der Waals surface area (Å²) in [6, 6.07) is 7.17. The molecule has 88 valence electrons. The van der Waals surface area contributed by atoms with Crippen LogP contribution < -0.4 is 10.6 Å². The van der Waals surface area contributed by atoms with Crippen molar-refractivity contribution in [3.8, 4) is 0 Å². The minimum Gasteiger partial charge on any atom is -0.399 e. The smallest absolute Gasteiger partial charge is 0.0372 e. The van der Waals surface area contributed by atoms with Crippen LogP contribution in [-0.2, 0) is 0 Å². The maximum absolute atomic E-state index is 5.86. The molecule has 0 aliphatic heterocycles. The number of hydrogen-bond donors (Lipinski definition) is 1. The molecule has 0 heterocycles. The molecule has 16 heavy (non-hydrogen) atoms. The van der Waals surface area contributed by atoms with Crippen molar-refractivity contribution in [3.05, 3.63) is 23.8 Å². The van der Waals surface area contributed by atoms with Crippen LogP contribution in [0.2, 0.25) is 0 Å². The monoisotopic (exact) mass is 218 g/mol. The van der Waals surface area contributed by atoms with Crippen molar-refractivity contribution in [1.29, 1.82) is 0 Å². The molecular formula is C14H22N2. The summed E-state index contributed by atoms with van der Waals surface area (Å²) in [6.45, 7) is 7.78. The van der Waals surface area contributed by atoms with Crippen LogP contribution in [0.15, 0.2) is 18.2 Å². The van der Waals surface area contributed by atoms with Crippen molar-refractivity contribution < 1.29 is 0 Å². The van der Waals surface area contributed by atoms with Crippen LogP contribution in [-0.4, -0.2) is 12.6 Å². The van der Waals surface area contributed by atoms with Crippen LogP contribution in [0.5, 0.6) is 0 Å². The van der Waals surface area contributed by atoms with Crippen molar-refractivity contribution in [3.63, 3.8) is 0 Å². The molecule has 0 atom stereocenters. The topological polar surface area (TPSA) is 29.3 Å². The molecule has 1 saturated carbocycles. The highest BCUT2D eigenvalue weighted by molar-refractivity contribution is 5.59. The Labute approximate surface area is 98.4 Å². The molecule has 2 rings (SSSR count). The van der Waals surface area contributed by atoms with Gasteiger partial charge in [-0.15, -0.1) is 0 Å². The van der Waals surface area contributed by atoms with Crippen LogP contribution in [0.4, 0.5) is 11.4 Å². The molecule has 0 aromatic heterocycles. The zero-order chi connectivity index (χ0) is 11.7. The first-order valence-electron chi connectivity index (χ1n) is 6.20. The number of benzene rings is 1. The summed E-state index contributed by atoms with van der Waals surface area (Å²) in [7, 11) is 0. The van der Waals surface area contributed by atoms with Crippen molar-refractivity contribution in [2.75, 3.05) is 17.2 Å². The van der Waals surface area contributed by atoms with E-state index >= 15 is 0 Å². The number of rotatable bonds is 4. The number of aryl methyl sites for hydroxylation is 1. The largest absolute Gasteiger partial charge is 0.399 e. The number of anilines is 2. The maximum Gasteiger partial charge on any atom is 0.0372 e. The average molecular weight is 218 g/mol. The number of nitrogen functional groups attached to an aromatic ring is 1. The normalized spacial score (nSPS) is 15.5. The minimum atomic E-state index is 0.707.